The van der Waals surface area contributed by atoms with E-state index in [1.54, 1.807) is 12.1 Å². The molecule has 0 radical (unpaired) electrons. The van der Waals surface area contributed by atoms with Gasteiger partial charge in [-0.05, 0) is 37.3 Å². The molecule has 1 heterocycles. The third-order valence-electron chi connectivity index (χ3n) is 3.70. The lowest BCUT2D eigenvalue weighted by Crippen LogP contribution is -2.11. The van der Waals surface area contributed by atoms with Crippen LogP contribution < -0.4 is 0 Å². The van der Waals surface area contributed by atoms with Gasteiger partial charge in [0.25, 0.3) is 0 Å². The molecule has 4 nitrogen and oxygen atoms in total. The molecule has 0 fully saturated rings. The van der Waals surface area contributed by atoms with Crippen molar-refractivity contribution >= 4 is 5.97 Å². The number of hydrogen-bond donors (Lipinski definition) is 1. The summed E-state index contributed by atoms with van der Waals surface area (Å²) in [4.78, 5) is 15.7. The van der Waals surface area contributed by atoms with E-state index in [1.165, 1.54) is 24.2 Å². The Hall–Kier alpha value is -2.10. The summed E-state index contributed by atoms with van der Waals surface area (Å²) in [6.45, 7) is 0.588. The molecule has 98 valence electrons. The van der Waals surface area contributed by atoms with Gasteiger partial charge in [0.2, 0.25) is 0 Å². The van der Waals surface area contributed by atoms with Gasteiger partial charge in [-0.15, -0.1) is 0 Å². The SMILES string of the molecule is O=C(O)c1ccccc1Cn1cnc2c1CCCC2. The largest absolute Gasteiger partial charge is 0.478 e. The van der Waals surface area contributed by atoms with Crippen LogP contribution >= 0.6 is 0 Å². The minimum atomic E-state index is -0.871. The summed E-state index contributed by atoms with van der Waals surface area (Å²) in [5.74, 6) is -0.871. The molecule has 2 aromatic rings. The molecule has 0 aliphatic heterocycles. The number of nitrogens with zero attached hydrogens (tertiary/aromatic N) is 2. The average molecular weight is 256 g/mol. The second kappa shape index (κ2) is 4.88. The standard InChI is InChI=1S/C15H16N2O2/c18-15(19)12-6-2-1-5-11(12)9-17-10-16-13-7-3-4-8-14(13)17/h1-2,5-6,10H,3-4,7-9H2,(H,18,19). The number of aromatic carboxylic acids is 1. The monoisotopic (exact) mass is 256 g/mol. The Morgan fingerprint density at radius 2 is 2.05 bits per heavy atom. The molecule has 0 atom stereocenters. The highest BCUT2D eigenvalue weighted by atomic mass is 16.4. The van der Waals surface area contributed by atoms with Crippen LogP contribution in [-0.2, 0) is 19.4 Å². The fourth-order valence-electron chi connectivity index (χ4n) is 2.72. The molecule has 0 bridgehead atoms. The number of aryl methyl sites for hydroxylation is 1. The number of carbonyl (C=O) groups is 1. The van der Waals surface area contributed by atoms with E-state index in [1.807, 2.05) is 18.5 Å². The molecule has 1 aliphatic carbocycles. The van der Waals surface area contributed by atoms with E-state index in [2.05, 4.69) is 9.55 Å². The fraction of sp³-hybridized carbons (Fsp3) is 0.333. The third-order valence-corrected chi connectivity index (χ3v) is 3.70. The van der Waals surface area contributed by atoms with Crippen LogP contribution in [0.2, 0.25) is 0 Å². The first-order valence-corrected chi connectivity index (χ1v) is 6.60. The average Bonchev–Trinajstić information content (AvgIpc) is 2.83. The summed E-state index contributed by atoms with van der Waals surface area (Å²) in [5, 5.41) is 9.21. The molecule has 1 aliphatic rings. The smallest absolute Gasteiger partial charge is 0.336 e. The first kappa shape index (κ1) is 12.0. The third kappa shape index (κ3) is 2.26. The van der Waals surface area contributed by atoms with Crippen LogP contribution in [0, 0.1) is 0 Å². The van der Waals surface area contributed by atoms with Crippen molar-refractivity contribution < 1.29 is 9.90 Å². The minimum Gasteiger partial charge on any atom is -0.478 e. The summed E-state index contributed by atoms with van der Waals surface area (Å²) in [7, 11) is 0. The van der Waals surface area contributed by atoms with Crippen molar-refractivity contribution in [1.82, 2.24) is 9.55 Å². The Balaban J connectivity index is 1.94. The van der Waals surface area contributed by atoms with E-state index < -0.39 is 5.97 Å². The molecule has 4 heteroatoms. The van der Waals surface area contributed by atoms with Gasteiger partial charge in [0, 0.05) is 12.2 Å². The van der Waals surface area contributed by atoms with Crippen molar-refractivity contribution in [2.24, 2.45) is 0 Å². The lowest BCUT2D eigenvalue weighted by atomic mass is 10.0. The highest BCUT2D eigenvalue weighted by Crippen LogP contribution is 2.21. The Morgan fingerprint density at radius 3 is 2.89 bits per heavy atom. The van der Waals surface area contributed by atoms with Crippen LogP contribution in [0.3, 0.4) is 0 Å². The van der Waals surface area contributed by atoms with Gasteiger partial charge in [0.15, 0.2) is 0 Å². The van der Waals surface area contributed by atoms with Crippen molar-refractivity contribution in [3.05, 3.63) is 53.1 Å². The minimum absolute atomic E-state index is 0.376. The number of hydrogen-bond acceptors (Lipinski definition) is 2. The van der Waals surface area contributed by atoms with E-state index in [4.69, 9.17) is 0 Å². The summed E-state index contributed by atoms with van der Waals surface area (Å²) in [5.41, 5.74) is 3.66. The zero-order valence-corrected chi connectivity index (χ0v) is 10.7. The molecule has 0 saturated carbocycles. The van der Waals surface area contributed by atoms with Gasteiger partial charge >= 0.3 is 5.97 Å². The predicted octanol–water partition coefficient (Wildman–Crippen LogP) is 2.51. The number of aromatic nitrogens is 2. The summed E-state index contributed by atoms with van der Waals surface area (Å²) in [6.07, 6.45) is 6.33. The van der Waals surface area contributed by atoms with Crippen molar-refractivity contribution in [2.75, 3.05) is 0 Å². The molecule has 19 heavy (non-hydrogen) atoms. The lowest BCUT2D eigenvalue weighted by Gasteiger charge is -2.14. The van der Waals surface area contributed by atoms with Gasteiger partial charge < -0.3 is 9.67 Å². The molecule has 3 rings (SSSR count). The quantitative estimate of drug-likeness (QED) is 0.918. The Morgan fingerprint density at radius 1 is 1.26 bits per heavy atom. The second-order valence-electron chi connectivity index (χ2n) is 4.94. The number of fused-ring (bicyclic) bond motifs is 1. The van der Waals surface area contributed by atoms with Gasteiger partial charge in [-0.25, -0.2) is 9.78 Å². The van der Waals surface area contributed by atoms with E-state index in [-0.39, 0.29) is 0 Å². The zero-order chi connectivity index (χ0) is 13.2. The number of imidazole rings is 1. The van der Waals surface area contributed by atoms with Crippen molar-refractivity contribution in [3.63, 3.8) is 0 Å². The number of carboxylic acids is 1. The molecular formula is C15H16N2O2. The highest BCUT2D eigenvalue weighted by Gasteiger charge is 2.16. The maximum atomic E-state index is 11.2. The van der Waals surface area contributed by atoms with Crippen LogP contribution in [0.1, 0.15) is 40.2 Å². The van der Waals surface area contributed by atoms with Crippen molar-refractivity contribution in [3.8, 4) is 0 Å². The topological polar surface area (TPSA) is 55.1 Å². The maximum absolute atomic E-state index is 11.2. The molecule has 0 saturated heterocycles. The van der Waals surface area contributed by atoms with Crippen LogP contribution in [0.25, 0.3) is 0 Å². The number of rotatable bonds is 3. The summed E-state index contributed by atoms with van der Waals surface area (Å²) in [6, 6.07) is 7.17. The molecule has 1 aromatic heterocycles. The Bertz CT molecular complexity index is 616. The Kier molecular flexibility index (Phi) is 3.07. The van der Waals surface area contributed by atoms with Gasteiger partial charge in [0.1, 0.15) is 0 Å². The van der Waals surface area contributed by atoms with Gasteiger partial charge in [0.05, 0.1) is 17.6 Å². The number of benzene rings is 1. The van der Waals surface area contributed by atoms with Crippen molar-refractivity contribution in [2.45, 2.75) is 32.2 Å². The molecule has 1 aromatic carbocycles. The normalized spacial score (nSPS) is 14.1. The van der Waals surface area contributed by atoms with E-state index in [9.17, 15) is 9.90 Å². The summed E-state index contributed by atoms with van der Waals surface area (Å²) < 4.78 is 2.09. The molecule has 0 amide bonds. The van der Waals surface area contributed by atoms with E-state index >= 15 is 0 Å². The van der Waals surface area contributed by atoms with E-state index in [0.29, 0.717) is 12.1 Å². The molecule has 0 spiro atoms. The number of carboxylic acid groups (broad SMARTS) is 1. The van der Waals surface area contributed by atoms with Crippen LogP contribution in [-0.4, -0.2) is 20.6 Å². The lowest BCUT2D eigenvalue weighted by molar-refractivity contribution is 0.0695. The van der Waals surface area contributed by atoms with Crippen LogP contribution in [0.15, 0.2) is 30.6 Å². The molecular weight excluding hydrogens is 240 g/mol. The first-order valence-electron chi connectivity index (χ1n) is 6.60. The first-order chi connectivity index (χ1) is 9.25. The van der Waals surface area contributed by atoms with Gasteiger partial charge in [-0.2, -0.15) is 0 Å². The van der Waals surface area contributed by atoms with Crippen LogP contribution in [0.5, 0.6) is 0 Å². The predicted molar refractivity (Wildman–Crippen MR) is 71.4 cm³/mol. The Labute approximate surface area is 111 Å². The summed E-state index contributed by atoms with van der Waals surface area (Å²) >= 11 is 0. The zero-order valence-electron chi connectivity index (χ0n) is 10.7. The van der Waals surface area contributed by atoms with Crippen LogP contribution in [0.4, 0.5) is 0 Å². The second-order valence-corrected chi connectivity index (χ2v) is 4.94. The molecule has 1 N–H and O–H groups in total. The highest BCUT2D eigenvalue weighted by molar-refractivity contribution is 5.89. The van der Waals surface area contributed by atoms with Crippen molar-refractivity contribution in [1.29, 1.82) is 0 Å². The fourth-order valence-corrected chi connectivity index (χ4v) is 2.72. The maximum Gasteiger partial charge on any atom is 0.336 e. The van der Waals surface area contributed by atoms with Gasteiger partial charge in [-0.3, -0.25) is 0 Å². The van der Waals surface area contributed by atoms with Gasteiger partial charge in [-0.1, -0.05) is 18.2 Å². The van der Waals surface area contributed by atoms with E-state index in [0.717, 1.165) is 18.4 Å². The molecule has 0 unspecified atom stereocenters.